The van der Waals surface area contributed by atoms with E-state index in [0.29, 0.717) is 6.61 Å². The van der Waals surface area contributed by atoms with Gasteiger partial charge in [-0.3, -0.25) is 0 Å². The number of aromatic nitrogens is 1. The van der Waals surface area contributed by atoms with Crippen LogP contribution in [0.1, 0.15) is 17.5 Å². The van der Waals surface area contributed by atoms with Crippen molar-refractivity contribution in [2.24, 2.45) is 5.16 Å². The van der Waals surface area contributed by atoms with Gasteiger partial charge < -0.3 is 4.84 Å². The lowest BCUT2D eigenvalue weighted by Gasteiger charge is -1.97. The van der Waals surface area contributed by atoms with Gasteiger partial charge in [-0.2, -0.15) is 0 Å². The minimum absolute atomic E-state index is 0.421. The molecule has 1 aromatic heterocycles. The first-order chi connectivity index (χ1) is 6.25. The van der Waals surface area contributed by atoms with Crippen molar-refractivity contribution in [3.05, 3.63) is 28.7 Å². The SMILES string of the molecule is C=CCO/N=C(\C)c1n[c]sc1C. The number of rotatable bonds is 4. The van der Waals surface area contributed by atoms with E-state index in [-0.39, 0.29) is 0 Å². The van der Waals surface area contributed by atoms with Crippen molar-refractivity contribution >= 4 is 17.0 Å². The molecule has 0 atom stereocenters. The Morgan fingerprint density at radius 1 is 1.85 bits per heavy atom. The van der Waals surface area contributed by atoms with Crippen LogP contribution in [0, 0.1) is 12.4 Å². The normalized spacial score (nSPS) is 11.4. The van der Waals surface area contributed by atoms with Crippen LogP contribution < -0.4 is 0 Å². The predicted molar refractivity (Wildman–Crippen MR) is 54.0 cm³/mol. The molecule has 0 fully saturated rings. The van der Waals surface area contributed by atoms with Crippen molar-refractivity contribution < 1.29 is 4.84 Å². The summed E-state index contributed by atoms with van der Waals surface area (Å²) in [6, 6.07) is 0. The van der Waals surface area contributed by atoms with Crippen molar-refractivity contribution in [3.8, 4) is 0 Å². The molecule has 0 N–H and O–H groups in total. The zero-order chi connectivity index (χ0) is 9.68. The first-order valence-electron chi connectivity index (χ1n) is 3.87. The molecule has 0 aliphatic heterocycles. The number of hydrogen-bond donors (Lipinski definition) is 0. The maximum absolute atomic E-state index is 4.94. The molecule has 0 unspecified atom stereocenters. The molecule has 69 valence electrons. The van der Waals surface area contributed by atoms with E-state index in [4.69, 9.17) is 4.84 Å². The second-order valence-electron chi connectivity index (χ2n) is 2.47. The van der Waals surface area contributed by atoms with Crippen LogP contribution in [0.5, 0.6) is 0 Å². The number of thiazole rings is 1. The van der Waals surface area contributed by atoms with Crippen molar-refractivity contribution in [3.63, 3.8) is 0 Å². The molecule has 1 aromatic rings. The van der Waals surface area contributed by atoms with E-state index in [0.717, 1.165) is 16.3 Å². The standard InChI is InChI=1S/C9H11N2OS/c1-4-5-12-11-7(2)9-8(3)13-6-10-9/h4H,1,5H2,2-3H3/b11-7+. The maximum atomic E-state index is 4.94. The highest BCUT2D eigenvalue weighted by molar-refractivity contribution is 7.09. The summed E-state index contributed by atoms with van der Waals surface area (Å²) < 4.78 is 0. The Balaban J connectivity index is 2.67. The molecule has 3 nitrogen and oxygen atoms in total. The molecular formula is C9H11N2OS. The summed E-state index contributed by atoms with van der Waals surface area (Å²) in [5, 5.41) is 3.89. The average Bonchev–Trinajstić information content (AvgIpc) is 2.52. The van der Waals surface area contributed by atoms with Gasteiger partial charge >= 0.3 is 0 Å². The van der Waals surface area contributed by atoms with Crippen molar-refractivity contribution in [1.82, 2.24) is 4.98 Å². The first kappa shape index (κ1) is 9.92. The first-order valence-corrected chi connectivity index (χ1v) is 4.68. The highest BCUT2D eigenvalue weighted by atomic mass is 32.1. The summed E-state index contributed by atoms with van der Waals surface area (Å²) in [6.45, 7) is 7.79. The second-order valence-corrected chi connectivity index (χ2v) is 3.47. The number of hydrogen-bond acceptors (Lipinski definition) is 4. The Labute approximate surface area is 81.8 Å². The largest absolute Gasteiger partial charge is 0.391 e. The van der Waals surface area contributed by atoms with E-state index in [1.54, 1.807) is 6.08 Å². The van der Waals surface area contributed by atoms with Gasteiger partial charge in [0.15, 0.2) is 5.51 Å². The van der Waals surface area contributed by atoms with Crippen molar-refractivity contribution in [2.45, 2.75) is 13.8 Å². The fourth-order valence-corrected chi connectivity index (χ4v) is 1.39. The highest BCUT2D eigenvalue weighted by Gasteiger charge is 2.05. The van der Waals surface area contributed by atoms with Gasteiger partial charge in [0, 0.05) is 4.88 Å². The summed E-state index contributed by atoms with van der Waals surface area (Å²) >= 11 is 1.48. The zero-order valence-corrected chi connectivity index (χ0v) is 8.52. The molecule has 1 rings (SSSR count). The van der Waals surface area contributed by atoms with E-state index in [1.165, 1.54) is 11.3 Å². The van der Waals surface area contributed by atoms with E-state index in [2.05, 4.69) is 22.2 Å². The molecule has 0 aliphatic rings. The van der Waals surface area contributed by atoms with Gasteiger partial charge in [-0.05, 0) is 13.8 Å². The third kappa shape index (κ3) is 2.66. The molecule has 0 amide bonds. The third-order valence-electron chi connectivity index (χ3n) is 1.43. The van der Waals surface area contributed by atoms with Gasteiger partial charge in [0.1, 0.15) is 18.0 Å². The maximum Gasteiger partial charge on any atom is 0.153 e. The monoisotopic (exact) mass is 195 g/mol. The molecule has 0 bridgehead atoms. The van der Waals surface area contributed by atoms with Crippen LogP contribution in [0.25, 0.3) is 0 Å². The molecule has 0 spiro atoms. The summed E-state index contributed by atoms with van der Waals surface area (Å²) in [4.78, 5) is 10.1. The smallest absolute Gasteiger partial charge is 0.153 e. The lowest BCUT2D eigenvalue weighted by Crippen LogP contribution is -1.98. The minimum atomic E-state index is 0.421. The molecule has 0 saturated carbocycles. The Morgan fingerprint density at radius 2 is 2.62 bits per heavy atom. The van der Waals surface area contributed by atoms with Crippen LogP contribution in [0.3, 0.4) is 0 Å². The van der Waals surface area contributed by atoms with Crippen LogP contribution in [-0.2, 0) is 4.84 Å². The molecular weight excluding hydrogens is 184 g/mol. The second kappa shape index (κ2) is 4.77. The average molecular weight is 195 g/mol. The van der Waals surface area contributed by atoms with Gasteiger partial charge in [-0.1, -0.05) is 17.8 Å². The predicted octanol–water partition coefficient (Wildman–Crippen LogP) is 2.18. The van der Waals surface area contributed by atoms with E-state index in [1.807, 2.05) is 13.8 Å². The van der Waals surface area contributed by atoms with Crippen LogP contribution in [0.2, 0.25) is 0 Å². The van der Waals surface area contributed by atoms with E-state index >= 15 is 0 Å². The topological polar surface area (TPSA) is 34.5 Å². The molecule has 0 aromatic carbocycles. The van der Waals surface area contributed by atoms with E-state index in [9.17, 15) is 0 Å². The third-order valence-corrected chi connectivity index (χ3v) is 2.11. The fourth-order valence-electron chi connectivity index (χ4n) is 0.830. The number of oxime groups is 1. The van der Waals surface area contributed by atoms with Gasteiger partial charge in [0.25, 0.3) is 0 Å². The highest BCUT2D eigenvalue weighted by Crippen LogP contribution is 2.11. The molecule has 1 heterocycles. The molecule has 13 heavy (non-hydrogen) atoms. The van der Waals surface area contributed by atoms with Gasteiger partial charge in [-0.15, -0.1) is 11.3 Å². The van der Waals surface area contributed by atoms with Gasteiger partial charge in [-0.25, -0.2) is 4.98 Å². The van der Waals surface area contributed by atoms with Crippen LogP contribution >= 0.6 is 11.3 Å². The lowest BCUT2D eigenvalue weighted by molar-refractivity contribution is 0.175. The van der Waals surface area contributed by atoms with Gasteiger partial charge in [0.05, 0.1) is 0 Å². The minimum Gasteiger partial charge on any atom is -0.391 e. The molecule has 0 aliphatic carbocycles. The summed E-state index contributed by atoms with van der Waals surface area (Å²) in [5.41, 5.74) is 4.43. The van der Waals surface area contributed by atoms with Crippen molar-refractivity contribution in [2.75, 3.05) is 6.61 Å². The van der Waals surface area contributed by atoms with E-state index < -0.39 is 0 Å². The molecule has 0 saturated heterocycles. The Bertz CT molecular complexity index is 317. The van der Waals surface area contributed by atoms with Crippen LogP contribution in [0.15, 0.2) is 17.8 Å². The zero-order valence-electron chi connectivity index (χ0n) is 7.70. The summed E-state index contributed by atoms with van der Waals surface area (Å²) in [6.07, 6.45) is 1.65. The number of nitrogens with zero attached hydrogens (tertiary/aromatic N) is 2. The summed E-state index contributed by atoms with van der Waals surface area (Å²) in [5.74, 6) is 0. The lowest BCUT2D eigenvalue weighted by atomic mass is 10.3. The van der Waals surface area contributed by atoms with Crippen molar-refractivity contribution in [1.29, 1.82) is 0 Å². The Hall–Kier alpha value is -1.16. The number of aryl methyl sites for hydroxylation is 1. The fraction of sp³-hybridized carbons (Fsp3) is 0.333. The van der Waals surface area contributed by atoms with Gasteiger partial charge in [0.2, 0.25) is 0 Å². The van der Waals surface area contributed by atoms with Crippen LogP contribution in [0.4, 0.5) is 0 Å². The molecule has 4 heteroatoms. The molecule has 1 radical (unpaired) electrons. The Morgan fingerprint density at radius 3 is 3.15 bits per heavy atom. The quantitative estimate of drug-likeness (QED) is 0.319. The Kier molecular flexibility index (Phi) is 3.64. The van der Waals surface area contributed by atoms with Crippen LogP contribution in [-0.4, -0.2) is 17.3 Å². The summed E-state index contributed by atoms with van der Waals surface area (Å²) in [7, 11) is 0.